The molecule has 0 bridgehead atoms. The summed E-state index contributed by atoms with van der Waals surface area (Å²) in [7, 11) is 0. The van der Waals surface area contributed by atoms with Gasteiger partial charge in [0.1, 0.15) is 32.0 Å². The second-order valence-electron chi connectivity index (χ2n) is 7.26. The van der Waals surface area contributed by atoms with Crippen molar-refractivity contribution >= 4 is 12.1 Å². The summed E-state index contributed by atoms with van der Waals surface area (Å²) in [5.41, 5.74) is 1.02. The third-order valence-corrected chi connectivity index (χ3v) is 4.81. The molecule has 7 heteroatoms. The van der Waals surface area contributed by atoms with Crippen LogP contribution in [0.25, 0.3) is 0 Å². The molecule has 1 heterocycles. The van der Waals surface area contributed by atoms with Gasteiger partial charge in [0.2, 0.25) is 0 Å². The highest BCUT2D eigenvalue weighted by Gasteiger charge is 2.39. The summed E-state index contributed by atoms with van der Waals surface area (Å²) in [5, 5.41) is 0. The molecule has 0 aromatic heterocycles. The van der Waals surface area contributed by atoms with Crippen molar-refractivity contribution in [3.8, 4) is 0 Å². The van der Waals surface area contributed by atoms with Crippen molar-refractivity contribution in [2.75, 3.05) is 26.4 Å². The molecule has 0 radical (unpaired) electrons. The van der Waals surface area contributed by atoms with Crippen LogP contribution in [0.2, 0.25) is 0 Å². The zero-order valence-corrected chi connectivity index (χ0v) is 18.7. The Bertz CT molecular complexity index is 761. The predicted molar refractivity (Wildman–Crippen MR) is 122 cm³/mol. The van der Waals surface area contributed by atoms with Crippen LogP contribution >= 0.6 is 0 Å². The number of allylic oxidation sites excluding steroid dienone is 2. The minimum atomic E-state index is -0.721. The Hall–Kier alpha value is -3.06. The van der Waals surface area contributed by atoms with Crippen LogP contribution in [0.15, 0.2) is 67.5 Å². The van der Waals surface area contributed by atoms with Gasteiger partial charge in [-0.05, 0) is 37.8 Å². The van der Waals surface area contributed by atoms with Gasteiger partial charge in [0.15, 0.2) is 0 Å². The molecule has 174 valence electrons. The first-order valence-corrected chi connectivity index (χ1v) is 10.9. The molecule has 0 unspecified atom stereocenters. The number of rotatable bonds is 15. The van der Waals surface area contributed by atoms with Crippen molar-refractivity contribution < 1.29 is 28.5 Å². The van der Waals surface area contributed by atoms with Crippen LogP contribution in [-0.4, -0.2) is 55.5 Å². The summed E-state index contributed by atoms with van der Waals surface area (Å²) < 4.78 is 21.8. The average Bonchev–Trinajstić information content (AvgIpc) is 3.17. The Morgan fingerprint density at radius 1 is 1.31 bits per heavy atom. The van der Waals surface area contributed by atoms with Crippen LogP contribution in [0.5, 0.6) is 0 Å². The van der Waals surface area contributed by atoms with Gasteiger partial charge in [-0.25, -0.2) is 9.59 Å². The van der Waals surface area contributed by atoms with Gasteiger partial charge in [0.05, 0.1) is 6.26 Å². The lowest BCUT2D eigenvalue weighted by Gasteiger charge is -2.26. The van der Waals surface area contributed by atoms with Crippen molar-refractivity contribution in [1.29, 1.82) is 0 Å². The zero-order chi connectivity index (χ0) is 23.0. The number of carbonyl (C=O) groups is 2. The van der Waals surface area contributed by atoms with Gasteiger partial charge in [-0.15, -0.1) is 6.58 Å². The van der Waals surface area contributed by atoms with Gasteiger partial charge in [-0.2, -0.15) is 0 Å². The van der Waals surface area contributed by atoms with E-state index in [1.807, 2.05) is 49.4 Å². The molecular weight excluding hydrogens is 410 g/mol. The molecule has 1 saturated heterocycles. The zero-order valence-electron chi connectivity index (χ0n) is 18.7. The Kier molecular flexibility index (Phi) is 11.7. The molecule has 1 aromatic carbocycles. The average molecular weight is 444 g/mol. The smallest absolute Gasteiger partial charge is 0.410 e. The quantitative estimate of drug-likeness (QED) is 0.173. The molecule has 1 fully saturated rings. The molecule has 1 aliphatic heterocycles. The summed E-state index contributed by atoms with van der Waals surface area (Å²) in [5.74, 6) is -0.503. The van der Waals surface area contributed by atoms with Gasteiger partial charge >= 0.3 is 12.1 Å². The fourth-order valence-corrected chi connectivity index (χ4v) is 3.13. The predicted octanol–water partition coefficient (Wildman–Crippen LogP) is 4.40. The number of carbonyl (C=O) groups excluding carboxylic acids is 2. The molecule has 0 saturated carbocycles. The van der Waals surface area contributed by atoms with Gasteiger partial charge in [-0.3, -0.25) is 4.90 Å². The van der Waals surface area contributed by atoms with Crippen LogP contribution in [-0.2, 0) is 30.3 Å². The first-order valence-electron chi connectivity index (χ1n) is 10.9. The fourth-order valence-electron chi connectivity index (χ4n) is 3.13. The van der Waals surface area contributed by atoms with Crippen LogP contribution in [0.1, 0.15) is 31.7 Å². The van der Waals surface area contributed by atoms with Crippen LogP contribution in [0, 0.1) is 0 Å². The van der Waals surface area contributed by atoms with Gasteiger partial charge in [0.25, 0.3) is 0 Å². The maximum Gasteiger partial charge on any atom is 0.410 e. The molecule has 0 N–H and O–H groups in total. The van der Waals surface area contributed by atoms with E-state index in [4.69, 9.17) is 18.9 Å². The molecule has 0 aliphatic carbocycles. The standard InChI is InChI=1S/C25H33NO6/c1-3-5-7-11-16-29-20-24(27)32-23(14-17-30-18-21-12-9-8-10-13-21)22-19-31-25(28)26(22)15-6-4-2/h3-5,8-10,12-14,17,22-23H,2,6-7,11,15-16,18-20H2,1H3/b5-3-,17-14+/t22-,23-/m1/s1. The molecule has 1 aliphatic rings. The molecule has 0 spiro atoms. The Morgan fingerprint density at radius 3 is 2.88 bits per heavy atom. The van der Waals surface area contributed by atoms with Gasteiger partial charge in [-0.1, -0.05) is 48.6 Å². The van der Waals surface area contributed by atoms with E-state index in [1.54, 1.807) is 17.1 Å². The van der Waals surface area contributed by atoms with E-state index < -0.39 is 24.2 Å². The van der Waals surface area contributed by atoms with Gasteiger partial charge in [0, 0.05) is 13.2 Å². The second-order valence-corrected chi connectivity index (χ2v) is 7.26. The third-order valence-electron chi connectivity index (χ3n) is 4.81. The Balaban J connectivity index is 1.95. The van der Waals surface area contributed by atoms with E-state index in [2.05, 4.69) is 6.58 Å². The molecule has 32 heavy (non-hydrogen) atoms. The highest BCUT2D eigenvalue weighted by atomic mass is 16.6. The third kappa shape index (κ3) is 8.98. The van der Waals surface area contributed by atoms with E-state index in [9.17, 15) is 9.59 Å². The number of nitrogens with zero attached hydrogens (tertiary/aromatic N) is 1. The maximum absolute atomic E-state index is 12.4. The lowest BCUT2D eigenvalue weighted by molar-refractivity contribution is -0.154. The number of hydrogen-bond acceptors (Lipinski definition) is 6. The highest BCUT2D eigenvalue weighted by molar-refractivity contribution is 5.72. The number of unbranched alkanes of at least 4 members (excludes halogenated alkanes) is 1. The van der Waals surface area contributed by atoms with Crippen molar-refractivity contribution in [2.45, 2.75) is 44.9 Å². The maximum atomic E-state index is 12.4. The Labute approximate surface area is 190 Å². The number of amides is 1. The normalized spacial score (nSPS) is 17.0. The van der Waals surface area contributed by atoms with Crippen molar-refractivity contribution in [2.24, 2.45) is 0 Å². The summed E-state index contributed by atoms with van der Waals surface area (Å²) in [6.45, 7) is 6.92. The molecule has 2 atom stereocenters. The molecule has 1 amide bonds. The molecule has 7 nitrogen and oxygen atoms in total. The minimum absolute atomic E-state index is 0.126. The lowest BCUT2D eigenvalue weighted by Crippen LogP contribution is -2.44. The SMILES string of the molecule is C=CCCN1C(=O)OC[C@@H]1[C@@H](/C=C/OCc1ccccc1)OC(=O)COCCC/C=C\C. The highest BCUT2D eigenvalue weighted by Crippen LogP contribution is 2.20. The molecule has 2 rings (SSSR count). The Morgan fingerprint density at radius 2 is 2.12 bits per heavy atom. The van der Waals surface area contributed by atoms with Crippen molar-refractivity contribution in [1.82, 2.24) is 4.90 Å². The fraction of sp³-hybridized carbons (Fsp3) is 0.440. The summed E-state index contributed by atoms with van der Waals surface area (Å²) in [6.07, 6.45) is 10.1. The van der Waals surface area contributed by atoms with Crippen molar-refractivity contribution in [3.05, 3.63) is 73.0 Å². The van der Waals surface area contributed by atoms with Crippen molar-refractivity contribution in [3.63, 3.8) is 0 Å². The molecular formula is C25H33NO6. The topological polar surface area (TPSA) is 74.3 Å². The van der Waals surface area contributed by atoms with Crippen LogP contribution in [0.4, 0.5) is 4.79 Å². The number of ether oxygens (including phenoxy) is 4. The van der Waals surface area contributed by atoms with Crippen LogP contribution in [0.3, 0.4) is 0 Å². The largest absolute Gasteiger partial charge is 0.497 e. The van der Waals surface area contributed by atoms with E-state index in [0.29, 0.717) is 26.2 Å². The second kappa shape index (κ2) is 14.9. The number of benzene rings is 1. The summed E-state index contributed by atoms with van der Waals surface area (Å²) >= 11 is 0. The van der Waals surface area contributed by atoms with E-state index in [0.717, 1.165) is 18.4 Å². The lowest BCUT2D eigenvalue weighted by atomic mass is 10.1. The monoisotopic (exact) mass is 443 g/mol. The summed E-state index contributed by atoms with van der Waals surface area (Å²) in [4.78, 5) is 26.1. The number of hydrogen-bond donors (Lipinski definition) is 0. The minimum Gasteiger partial charge on any atom is -0.497 e. The summed E-state index contributed by atoms with van der Waals surface area (Å²) in [6, 6.07) is 9.28. The number of cyclic esters (lactones) is 1. The molecule has 1 aromatic rings. The van der Waals surface area contributed by atoms with E-state index in [1.165, 1.54) is 6.26 Å². The van der Waals surface area contributed by atoms with Gasteiger partial charge < -0.3 is 18.9 Å². The first-order chi connectivity index (χ1) is 15.7. The van der Waals surface area contributed by atoms with Crippen LogP contribution < -0.4 is 0 Å². The number of esters is 1. The van der Waals surface area contributed by atoms with E-state index in [-0.39, 0.29) is 13.2 Å². The first kappa shape index (κ1) is 25.2. The van der Waals surface area contributed by atoms with E-state index >= 15 is 0 Å².